The Morgan fingerprint density at radius 3 is 2.45 bits per heavy atom. The first-order valence-electron chi connectivity index (χ1n) is 6.42. The summed E-state index contributed by atoms with van der Waals surface area (Å²) >= 11 is 5.93. The second-order valence-electron chi connectivity index (χ2n) is 4.83. The van der Waals surface area contributed by atoms with Gasteiger partial charge in [-0.3, -0.25) is 4.21 Å². The van der Waals surface area contributed by atoms with E-state index in [2.05, 4.69) is 0 Å². The van der Waals surface area contributed by atoms with Crippen LogP contribution in [0.5, 0.6) is 11.5 Å². The third-order valence-electron chi connectivity index (χ3n) is 2.84. The summed E-state index contributed by atoms with van der Waals surface area (Å²) in [7, 11) is -1.03. The third kappa shape index (κ3) is 3.62. The monoisotopic (exact) mass is 308 g/mol. The summed E-state index contributed by atoms with van der Waals surface area (Å²) in [6.07, 6.45) is 0. The first kappa shape index (κ1) is 15.1. The summed E-state index contributed by atoms with van der Waals surface area (Å²) in [5, 5.41) is 0.704. The zero-order valence-corrected chi connectivity index (χ0v) is 13.3. The Balaban J connectivity index is 2.30. The van der Waals surface area contributed by atoms with Crippen LogP contribution in [0.1, 0.15) is 19.4 Å². The van der Waals surface area contributed by atoms with Crippen molar-refractivity contribution < 1.29 is 8.95 Å². The maximum Gasteiger partial charge on any atom is 0.128 e. The van der Waals surface area contributed by atoms with E-state index in [1.807, 2.05) is 51.1 Å². The van der Waals surface area contributed by atoms with Gasteiger partial charge >= 0.3 is 0 Å². The maximum atomic E-state index is 12.3. The number of benzene rings is 2. The molecule has 0 aliphatic heterocycles. The minimum atomic E-state index is -1.03. The second-order valence-corrected chi connectivity index (χ2v) is 7.25. The lowest BCUT2D eigenvalue weighted by molar-refractivity contribution is 0.481. The lowest BCUT2D eigenvalue weighted by Crippen LogP contribution is -2.07. The number of aryl methyl sites for hydroxylation is 1. The minimum Gasteiger partial charge on any atom is -0.457 e. The first-order valence-corrected chi connectivity index (χ1v) is 8.01. The topological polar surface area (TPSA) is 26.3 Å². The van der Waals surface area contributed by atoms with Crippen LogP contribution in [-0.2, 0) is 10.8 Å². The molecule has 106 valence electrons. The molecule has 0 saturated heterocycles. The van der Waals surface area contributed by atoms with E-state index in [4.69, 9.17) is 16.3 Å². The predicted octanol–water partition coefficient (Wildman–Crippen LogP) is 4.96. The normalized spacial score (nSPS) is 12.4. The van der Waals surface area contributed by atoms with Crippen molar-refractivity contribution in [3.05, 3.63) is 53.1 Å². The molecule has 1 atom stereocenters. The molecule has 20 heavy (non-hydrogen) atoms. The van der Waals surface area contributed by atoms with E-state index in [-0.39, 0.29) is 5.25 Å². The molecule has 0 heterocycles. The standard InChI is InChI=1S/C16H17ClO2S/c1-11(2)20(18)16-10-15(8-7-12(16)3)19-14-6-4-5-13(17)9-14/h4-11H,1-3H3. The van der Waals surface area contributed by atoms with Crippen LogP contribution in [0.15, 0.2) is 47.4 Å². The predicted molar refractivity (Wildman–Crippen MR) is 84.2 cm³/mol. The van der Waals surface area contributed by atoms with Crippen LogP contribution in [0.3, 0.4) is 0 Å². The van der Waals surface area contributed by atoms with Gasteiger partial charge in [0.05, 0.1) is 10.8 Å². The lowest BCUT2D eigenvalue weighted by Gasteiger charge is -2.12. The summed E-state index contributed by atoms with van der Waals surface area (Å²) in [5.74, 6) is 1.34. The van der Waals surface area contributed by atoms with Gasteiger partial charge in [0, 0.05) is 15.2 Å². The highest BCUT2D eigenvalue weighted by molar-refractivity contribution is 7.85. The molecule has 4 heteroatoms. The van der Waals surface area contributed by atoms with Gasteiger partial charge < -0.3 is 4.74 Å². The van der Waals surface area contributed by atoms with Gasteiger partial charge in [0.1, 0.15) is 11.5 Å². The number of hydrogen-bond acceptors (Lipinski definition) is 2. The average Bonchev–Trinajstić information content (AvgIpc) is 2.40. The molecule has 0 aliphatic carbocycles. The fourth-order valence-corrected chi connectivity index (χ4v) is 3.09. The van der Waals surface area contributed by atoms with Crippen molar-refractivity contribution in [1.82, 2.24) is 0 Å². The van der Waals surface area contributed by atoms with Crippen LogP contribution >= 0.6 is 11.6 Å². The fourth-order valence-electron chi connectivity index (χ4n) is 1.78. The highest BCUT2D eigenvalue weighted by Gasteiger charge is 2.12. The van der Waals surface area contributed by atoms with Crippen molar-refractivity contribution in [1.29, 1.82) is 0 Å². The summed E-state index contributed by atoms with van der Waals surface area (Å²) < 4.78 is 18.0. The molecule has 0 N–H and O–H groups in total. The Bertz CT molecular complexity index is 638. The van der Waals surface area contributed by atoms with Gasteiger partial charge in [-0.2, -0.15) is 0 Å². The fraction of sp³-hybridized carbons (Fsp3) is 0.250. The van der Waals surface area contributed by atoms with Gasteiger partial charge in [0.25, 0.3) is 0 Å². The molecule has 2 aromatic carbocycles. The molecule has 2 aromatic rings. The van der Waals surface area contributed by atoms with E-state index in [9.17, 15) is 4.21 Å². The van der Waals surface area contributed by atoms with Crippen molar-refractivity contribution in [2.45, 2.75) is 30.9 Å². The molecule has 0 saturated carbocycles. The average molecular weight is 309 g/mol. The van der Waals surface area contributed by atoms with Crippen LogP contribution in [-0.4, -0.2) is 9.46 Å². The molecule has 0 fully saturated rings. The van der Waals surface area contributed by atoms with E-state index >= 15 is 0 Å². The Kier molecular flexibility index (Phi) is 4.84. The van der Waals surface area contributed by atoms with Crippen molar-refractivity contribution in [3.63, 3.8) is 0 Å². The zero-order chi connectivity index (χ0) is 14.7. The van der Waals surface area contributed by atoms with Crippen LogP contribution in [0.2, 0.25) is 5.02 Å². The highest BCUT2D eigenvalue weighted by atomic mass is 35.5. The number of halogens is 1. The van der Waals surface area contributed by atoms with Gasteiger partial charge in [0.2, 0.25) is 0 Å². The lowest BCUT2D eigenvalue weighted by atomic mass is 10.2. The Morgan fingerprint density at radius 2 is 1.80 bits per heavy atom. The van der Waals surface area contributed by atoms with E-state index in [1.54, 1.807) is 12.1 Å². The number of rotatable bonds is 4. The maximum absolute atomic E-state index is 12.3. The molecule has 0 aliphatic rings. The quantitative estimate of drug-likeness (QED) is 0.798. The third-order valence-corrected chi connectivity index (χ3v) is 4.80. The molecule has 0 bridgehead atoms. The number of ether oxygens (including phenoxy) is 1. The molecule has 0 amide bonds. The van der Waals surface area contributed by atoms with Crippen LogP contribution in [0.25, 0.3) is 0 Å². The van der Waals surface area contributed by atoms with E-state index in [0.717, 1.165) is 10.5 Å². The van der Waals surface area contributed by atoms with E-state index in [1.165, 1.54) is 0 Å². The van der Waals surface area contributed by atoms with Gasteiger partial charge in [-0.05, 0) is 42.8 Å². The Labute approximate surface area is 127 Å². The minimum absolute atomic E-state index is 0.0788. The smallest absolute Gasteiger partial charge is 0.128 e. The Morgan fingerprint density at radius 1 is 1.10 bits per heavy atom. The zero-order valence-electron chi connectivity index (χ0n) is 11.7. The summed E-state index contributed by atoms with van der Waals surface area (Å²) in [6, 6.07) is 12.9. The van der Waals surface area contributed by atoms with Gasteiger partial charge in [-0.15, -0.1) is 0 Å². The Hall–Kier alpha value is -1.32. The van der Waals surface area contributed by atoms with E-state index < -0.39 is 10.8 Å². The highest BCUT2D eigenvalue weighted by Crippen LogP contribution is 2.28. The number of hydrogen-bond donors (Lipinski definition) is 0. The molecular formula is C16H17ClO2S. The molecule has 1 unspecified atom stereocenters. The van der Waals surface area contributed by atoms with Crippen molar-refractivity contribution in [3.8, 4) is 11.5 Å². The van der Waals surface area contributed by atoms with Crippen molar-refractivity contribution >= 4 is 22.4 Å². The van der Waals surface area contributed by atoms with Gasteiger partial charge in [-0.25, -0.2) is 0 Å². The molecular weight excluding hydrogens is 292 g/mol. The van der Waals surface area contributed by atoms with Gasteiger partial charge in [0.15, 0.2) is 0 Å². The van der Waals surface area contributed by atoms with E-state index in [0.29, 0.717) is 16.5 Å². The van der Waals surface area contributed by atoms with Crippen LogP contribution in [0.4, 0.5) is 0 Å². The molecule has 0 radical (unpaired) electrons. The summed E-state index contributed by atoms with van der Waals surface area (Å²) in [5.41, 5.74) is 1.01. The van der Waals surface area contributed by atoms with Crippen molar-refractivity contribution in [2.24, 2.45) is 0 Å². The van der Waals surface area contributed by atoms with Crippen LogP contribution in [0, 0.1) is 6.92 Å². The second kappa shape index (κ2) is 6.42. The van der Waals surface area contributed by atoms with Crippen LogP contribution < -0.4 is 4.74 Å². The largest absolute Gasteiger partial charge is 0.457 e. The molecule has 2 rings (SSSR count). The summed E-state index contributed by atoms with van der Waals surface area (Å²) in [6.45, 7) is 5.85. The molecule has 0 spiro atoms. The molecule has 2 nitrogen and oxygen atoms in total. The van der Waals surface area contributed by atoms with Crippen molar-refractivity contribution in [2.75, 3.05) is 0 Å². The summed E-state index contributed by atoms with van der Waals surface area (Å²) in [4.78, 5) is 0.819. The SMILES string of the molecule is Cc1ccc(Oc2cccc(Cl)c2)cc1S(=O)C(C)C. The molecule has 0 aromatic heterocycles. The first-order chi connectivity index (χ1) is 9.47. The van der Waals surface area contributed by atoms with Gasteiger partial charge in [-0.1, -0.05) is 37.6 Å².